The average molecular weight is 536 g/mol. The van der Waals surface area contributed by atoms with Crippen LogP contribution in [0.25, 0.3) is 0 Å². The van der Waals surface area contributed by atoms with Crippen LogP contribution in [0.5, 0.6) is 0 Å². The lowest BCUT2D eigenvalue weighted by molar-refractivity contribution is -0.384. The topological polar surface area (TPSA) is 108 Å². The number of nitro groups is 1. The summed E-state index contributed by atoms with van der Waals surface area (Å²) in [5.41, 5.74) is 4.07. The summed E-state index contributed by atoms with van der Waals surface area (Å²) >= 11 is 0. The third-order valence-corrected chi connectivity index (χ3v) is 8.99. The van der Waals surface area contributed by atoms with E-state index < -0.39 is 21.7 Å². The lowest BCUT2D eigenvalue weighted by Crippen LogP contribution is -2.40. The first-order valence-corrected chi connectivity index (χ1v) is 13.2. The summed E-state index contributed by atoms with van der Waals surface area (Å²) in [6.07, 6.45) is 0. The van der Waals surface area contributed by atoms with E-state index in [1.807, 2.05) is 64.1 Å². The van der Waals surface area contributed by atoms with Gasteiger partial charge in [-0.1, -0.05) is 24.3 Å². The molecular formula is C31H29N5O4. The Morgan fingerprint density at radius 3 is 1.60 bits per heavy atom. The Morgan fingerprint density at radius 1 is 0.700 bits per heavy atom. The molecule has 2 spiro atoms. The second-order valence-electron chi connectivity index (χ2n) is 11.0. The zero-order valence-electron chi connectivity index (χ0n) is 23.2. The highest BCUT2D eigenvalue weighted by Crippen LogP contribution is 2.79. The number of carbonyl (C=O) groups excluding carboxylic acids is 2. The Morgan fingerprint density at radius 2 is 1.18 bits per heavy atom. The van der Waals surface area contributed by atoms with Crippen LogP contribution < -0.4 is 10.0 Å². The maximum absolute atomic E-state index is 14.5. The smallest absolute Gasteiger partial charge is 0.269 e. The van der Waals surface area contributed by atoms with Gasteiger partial charge in [-0.3, -0.25) is 19.7 Å². The van der Waals surface area contributed by atoms with Crippen LogP contribution >= 0.6 is 0 Å². The Hall–Kier alpha value is -4.66. The first-order chi connectivity index (χ1) is 19.0. The maximum Gasteiger partial charge on any atom is 0.269 e. The Balaban J connectivity index is 1.53. The van der Waals surface area contributed by atoms with Gasteiger partial charge in [0.05, 0.1) is 27.7 Å². The molecule has 1 fully saturated rings. The van der Waals surface area contributed by atoms with E-state index in [9.17, 15) is 19.7 Å². The Kier molecular flexibility index (Phi) is 5.39. The van der Waals surface area contributed by atoms with E-state index in [-0.39, 0.29) is 17.5 Å². The lowest BCUT2D eigenvalue weighted by Gasteiger charge is -2.19. The Labute approximate surface area is 231 Å². The highest BCUT2D eigenvalue weighted by molar-refractivity contribution is 6.37. The predicted molar refractivity (Wildman–Crippen MR) is 154 cm³/mol. The molecule has 3 aromatic rings. The van der Waals surface area contributed by atoms with E-state index in [4.69, 9.17) is 10.2 Å². The number of rotatable bonds is 4. The minimum absolute atomic E-state index is 0.105. The monoisotopic (exact) mass is 535 g/mol. The van der Waals surface area contributed by atoms with Gasteiger partial charge >= 0.3 is 0 Å². The van der Waals surface area contributed by atoms with Crippen molar-refractivity contribution in [3.63, 3.8) is 0 Å². The van der Waals surface area contributed by atoms with Crippen LogP contribution in [0, 0.1) is 48.6 Å². The fourth-order valence-corrected chi connectivity index (χ4v) is 6.62. The van der Waals surface area contributed by atoms with Crippen molar-refractivity contribution in [2.24, 2.45) is 21.0 Å². The number of aryl methyl sites for hydroxylation is 4. The van der Waals surface area contributed by atoms with Crippen molar-refractivity contribution >= 4 is 40.3 Å². The summed E-state index contributed by atoms with van der Waals surface area (Å²) in [7, 11) is 0. The number of nitrogens with zero attached hydrogens (tertiary/aromatic N) is 5. The standard InChI is InChI=1S/C31H29N5O4/c1-17-10-12-24(14-19(17)3)34-28(37)30(21(5)32-34)27(23-8-7-9-26(16-23)36(39)40)31(30)22(6)33-35(29(31)38)25-13-11-18(2)20(4)15-25/h7-16,27H,1-6H3/t30-,31-/m1/s1. The van der Waals surface area contributed by atoms with Gasteiger partial charge < -0.3 is 0 Å². The molecule has 202 valence electrons. The maximum atomic E-state index is 14.5. The minimum Gasteiger partial charge on any atom is -0.271 e. The van der Waals surface area contributed by atoms with Gasteiger partial charge in [-0.15, -0.1) is 0 Å². The van der Waals surface area contributed by atoms with Gasteiger partial charge in [-0.2, -0.15) is 20.2 Å². The molecule has 3 aliphatic rings. The highest BCUT2D eigenvalue weighted by Gasteiger charge is 2.91. The first kappa shape index (κ1) is 25.6. The van der Waals surface area contributed by atoms with Crippen LogP contribution in [0.4, 0.5) is 17.1 Å². The largest absolute Gasteiger partial charge is 0.271 e. The number of nitro benzene ring substituents is 1. The van der Waals surface area contributed by atoms with Gasteiger partial charge in [0.2, 0.25) is 0 Å². The number of benzene rings is 3. The molecular weight excluding hydrogens is 506 g/mol. The van der Waals surface area contributed by atoms with Crippen LogP contribution in [-0.2, 0) is 9.59 Å². The molecule has 0 bridgehead atoms. The molecule has 40 heavy (non-hydrogen) atoms. The van der Waals surface area contributed by atoms with Crippen molar-refractivity contribution < 1.29 is 14.5 Å². The van der Waals surface area contributed by atoms with Crippen molar-refractivity contribution in [2.45, 2.75) is 47.5 Å². The number of amides is 2. The number of non-ortho nitro benzene ring substituents is 1. The number of fused-ring (bicyclic) bond motifs is 1. The molecule has 0 N–H and O–H groups in total. The third-order valence-electron chi connectivity index (χ3n) is 8.99. The van der Waals surface area contributed by atoms with Crippen LogP contribution in [0.15, 0.2) is 70.9 Å². The van der Waals surface area contributed by atoms with E-state index in [1.165, 1.54) is 22.2 Å². The molecule has 2 atom stereocenters. The second-order valence-corrected chi connectivity index (χ2v) is 11.0. The van der Waals surface area contributed by atoms with Gasteiger partial charge in [-0.25, -0.2) is 0 Å². The van der Waals surface area contributed by atoms with Gasteiger partial charge in [0.25, 0.3) is 17.5 Å². The van der Waals surface area contributed by atoms with E-state index in [2.05, 4.69) is 0 Å². The molecule has 9 nitrogen and oxygen atoms in total. The fraction of sp³-hybridized carbons (Fsp3) is 0.290. The quantitative estimate of drug-likeness (QED) is 0.313. The summed E-state index contributed by atoms with van der Waals surface area (Å²) in [6, 6.07) is 17.5. The highest BCUT2D eigenvalue weighted by atomic mass is 16.6. The van der Waals surface area contributed by atoms with E-state index in [0.717, 1.165) is 22.3 Å². The molecule has 1 saturated carbocycles. The van der Waals surface area contributed by atoms with E-state index in [1.54, 1.807) is 26.0 Å². The van der Waals surface area contributed by atoms with E-state index >= 15 is 0 Å². The molecule has 1 aliphatic carbocycles. The molecule has 2 aliphatic heterocycles. The van der Waals surface area contributed by atoms with Gasteiger partial charge in [0, 0.05) is 18.1 Å². The van der Waals surface area contributed by atoms with Gasteiger partial charge in [0.1, 0.15) is 10.8 Å². The summed E-state index contributed by atoms with van der Waals surface area (Å²) in [5.74, 6) is -1.38. The van der Waals surface area contributed by atoms with Crippen molar-refractivity contribution in [3.05, 3.63) is 98.6 Å². The zero-order valence-corrected chi connectivity index (χ0v) is 23.2. The molecule has 0 unspecified atom stereocenters. The van der Waals surface area contributed by atoms with Crippen molar-refractivity contribution in [1.82, 2.24) is 0 Å². The molecule has 0 radical (unpaired) electrons. The lowest BCUT2D eigenvalue weighted by atomic mass is 9.85. The van der Waals surface area contributed by atoms with E-state index in [0.29, 0.717) is 28.4 Å². The number of hydrazone groups is 2. The van der Waals surface area contributed by atoms with Crippen LogP contribution in [0.2, 0.25) is 0 Å². The fourth-order valence-electron chi connectivity index (χ4n) is 6.62. The Bertz CT molecular complexity index is 1630. The first-order valence-electron chi connectivity index (χ1n) is 13.2. The van der Waals surface area contributed by atoms with Crippen LogP contribution in [0.1, 0.15) is 47.6 Å². The molecule has 3 aromatic carbocycles. The number of hydrogen-bond donors (Lipinski definition) is 0. The predicted octanol–water partition coefficient (Wildman–Crippen LogP) is 5.74. The van der Waals surface area contributed by atoms with Crippen LogP contribution in [-0.4, -0.2) is 28.2 Å². The van der Waals surface area contributed by atoms with Gasteiger partial charge in [-0.05, 0) is 93.6 Å². The van der Waals surface area contributed by atoms with Crippen molar-refractivity contribution in [1.29, 1.82) is 0 Å². The molecule has 0 saturated heterocycles. The molecule has 2 heterocycles. The average Bonchev–Trinajstić information content (AvgIpc) is 3.41. The number of carbonyl (C=O) groups is 2. The third kappa shape index (κ3) is 3.08. The zero-order chi connectivity index (χ0) is 28.7. The molecule has 0 aromatic heterocycles. The van der Waals surface area contributed by atoms with Crippen molar-refractivity contribution in [2.75, 3.05) is 10.0 Å². The normalized spacial score (nSPS) is 25.2. The van der Waals surface area contributed by atoms with Crippen LogP contribution in [0.3, 0.4) is 0 Å². The molecule has 6 rings (SSSR count). The second kappa shape index (κ2) is 8.42. The summed E-state index contributed by atoms with van der Waals surface area (Å²) < 4.78 is 0. The van der Waals surface area contributed by atoms with Crippen molar-refractivity contribution in [3.8, 4) is 0 Å². The minimum atomic E-state index is -1.36. The SMILES string of the molecule is CC1=NN(c2ccc(C)c(C)c2)C(=O)[C@]12C(c1cccc([N+](=O)[O-])c1)[C@]21C(=O)N(c2ccc(C)c(C)c2)N=C1C. The molecule has 2 amide bonds. The summed E-state index contributed by atoms with van der Waals surface area (Å²) in [6.45, 7) is 11.4. The molecule has 9 heteroatoms. The summed E-state index contributed by atoms with van der Waals surface area (Å²) in [5, 5.41) is 23.9. The number of hydrogen-bond acceptors (Lipinski definition) is 6. The van der Waals surface area contributed by atoms with Gasteiger partial charge in [0.15, 0.2) is 0 Å². The summed E-state index contributed by atoms with van der Waals surface area (Å²) in [4.78, 5) is 40.3. The number of anilines is 2.